The highest BCUT2D eigenvalue weighted by Crippen LogP contribution is 2.34. The van der Waals surface area contributed by atoms with Gasteiger partial charge in [-0.2, -0.15) is 4.98 Å². The third-order valence-corrected chi connectivity index (χ3v) is 10.8. The maximum Gasteiger partial charge on any atom is 0.330 e. The van der Waals surface area contributed by atoms with Gasteiger partial charge in [-0.05, 0) is 83.1 Å². The highest BCUT2D eigenvalue weighted by molar-refractivity contribution is 6.07. The van der Waals surface area contributed by atoms with Crippen molar-refractivity contribution in [2.24, 2.45) is 17.8 Å². The van der Waals surface area contributed by atoms with Crippen LogP contribution in [0.2, 0.25) is 0 Å². The van der Waals surface area contributed by atoms with Crippen molar-refractivity contribution in [2.45, 2.75) is 106 Å². The van der Waals surface area contributed by atoms with Crippen molar-refractivity contribution in [1.82, 2.24) is 30.5 Å². The van der Waals surface area contributed by atoms with Crippen LogP contribution >= 0.6 is 0 Å². The van der Waals surface area contributed by atoms with E-state index in [1.807, 2.05) is 53.7 Å². The first-order chi connectivity index (χ1) is 26.8. The zero-order chi connectivity index (χ0) is 41.9. The lowest BCUT2D eigenvalue weighted by atomic mass is 9.87. The van der Waals surface area contributed by atoms with Gasteiger partial charge >= 0.3 is 6.03 Å². The normalized spacial score (nSPS) is 16.7. The maximum atomic E-state index is 14.2. The van der Waals surface area contributed by atoms with E-state index < -0.39 is 35.4 Å². The Hall–Kier alpha value is -5.73. The molecule has 0 aliphatic carbocycles. The lowest BCUT2D eigenvalue weighted by molar-refractivity contribution is -0.144. The molecule has 4 heterocycles. The quantitative estimate of drug-likeness (QED) is 0.182. The third kappa shape index (κ3) is 9.46. The molecular weight excluding hydrogens is 727 g/mol. The number of likely N-dealkylation sites (tertiary alicyclic amines) is 1. The number of carbonyl (C=O) groups is 6. The van der Waals surface area contributed by atoms with E-state index in [1.54, 1.807) is 56.4 Å². The molecule has 1 aromatic carbocycles. The number of nitrogens with zero attached hydrogens (tertiary/aromatic N) is 6. The van der Waals surface area contributed by atoms with Crippen molar-refractivity contribution in [2.75, 3.05) is 28.7 Å². The van der Waals surface area contributed by atoms with Gasteiger partial charge in [-0.15, -0.1) is 0 Å². The minimum atomic E-state index is -1.35. The molecule has 0 spiro atoms. The lowest BCUT2D eigenvalue weighted by Crippen LogP contribution is -2.61. The number of nitrogens with one attached hydrogen (secondary N) is 3. The average Bonchev–Trinajstić information content (AvgIpc) is 3.65. The molecular formula is C42H55N9O6. The number of aryl methyl sites for hydroxylation is 2. The molecule has 1 fully saturated rings. The van der Waals surface area contributed by atoms with Gasteiger partial charge in [-0.3, -0.25) is 38.8 Å². The smallest absolute Gasteiger partial charge is 0.330 e. The number of Topliss-reactive ketones (excluding diaryl/α,β-unsaturated/α-hetero) is 2. The summed E-state index contributed by atoms with van der Waals surface area (Å²) in [7, 11) is 1.64. The van der Waals surface area contributed by atoms with Gasteiger partial charge in [0.15, 0.2) is 11.6 Å². The topological polar surface area (TPSA) is 187 Å². The van der Waals surface area contributed by atoms with E-state index in [2.05, 4.69) is 30.9 Å². The van der Waals surface area contributed by atoms with Gasteiger partial charge in [-0.1, -0.05) is 39.8 Å². The minimum Gasteiger partial charge on any atom is -0.344 e. The summed E-state index contributed by atoms with van der Waals surface area (Å²) in [5, 5.41) is 8.67. The van der Waals surface area contributed by atoms with Gasteiger partial charge in [0, 0.05) is 54.6 Å². The number of benzene rings is 1. The van der Waals surface area contributed by atoms with Gasteiger partial charge in [0.25, 0.3) is 0 Å². The van der Waals surface area contributed by atoms with Crippen LogP contribution in [0.25, 0.3) is 0 Å². The van der Waals surface area contributed by atoms with E-state index in [9.17, 15) is 28.8 Å². The van der Waals surface area contributed by atoms with Crippen LogP contribution in [-0.2, 0) is 25.7 Å². The van der Waals surface area contributed by atoms with E-state index in [4.69, 9.17) is 0 Å². The van der Waals surface area contributed by atoms with E-state index in [0.717, 1.165) is 16.8 Å². The molecule has 5 rings (SSSR count). The number of urea groups is 1. The summed E-state index contributed by atoms with van der Waals surface area (Å²) in [5.74, 6) is -2.03. The number of ketones is 2. The van der Waals surface area contributed by atoms with Crippen LogP contribution in [0.1, 0.15) is 94.9 Å². The molecule has 1 saturated heterocycles. The molecule has 5 amide bonds. The monoisotopic (exact) mass is 781 g/mol. The molecule has 0 radical (unpaired) electrons. The molecule has 3 aromatic rings. The van der Waals surface area contributed by atoms with E-state index in [1.165, 1.54) is 16.7 Å². The molecule has 3 N–H and O–H groups in total. The number of fused-ring (bicyclic) bond motifs is 1. The van der Waals surface area contributed by atoms with Crippen LogP contribution in [0.15, 0.2) is 42.7 Å². The second-order valence-electron chi connectivity index (χ2n) is 16.4. The molecule has 57 heavy (non-hydrogen) atoms. The van der Waals surface area contributed by atoms with Crippen LogP contribution in [0.5, 0.6) is 0 Å². The van der Waals surface area contributed by atoms with E-state index >= 15 is 0 Å². The second kappa shape index (κ2) is 17.2. The molecule has 15 nitrogen and oxygen atoms in total. The Labute approximate surface area is 334 Å². The Kier molecular flexibility index (Phi) is 12.8. The number of aromatic nitrogens is 3. The summed E-state index contributed by atoms with van der Waals surface area (Å²) in [4.78, 5) is 98.8. The first-order valence-electron chi connectivity index (χ1n) is 19.5. The Morgan fingerprint density at radius 2 is 1.68 bits per heavy atom. The summed E-state index contributed by atoms with van der Waals surface area (Å²) in [6.45, 7) is 16.2. The molecule has 0 saturated carbocycles. The highest BCUT2D eigenvalue weighted by Gasteiger charge is 2.42. The fourth-order valence-corrected chi connectivity index (χ4v) is 7.25. The molecule has 2 aromatic heterocycles. The van der Waals surface area contributed by atoms with Crippen molar-refractivity contribution in [3.63, 3.8) is 0 Å². The number of rotatable bonds is 14. The van der Waals surface area contributed by atoms with Crippen molar-refractivity contribution in [3.8, 4) is 0 Å². The first-order valence-corrected chi connectivity index (χ1v) is 19.5. The summed E-state index contributed by atoms with van der Waals surface area (Å²) in [6, 6.07) is 7.07. The maximum absolute atomic E-state index is 14.2. The van der Waals surface area contributed by atoms with Crippen LogP contribution in [0.4, 0.5) is 27.9 Å². The second-order valence-corrected chi connectivity index (χ2v) is 16.4. The minimum absolute atomic E-state index is 0.101. The summed E-state index contributed by atoms with van der Waals surface area (Å²) in [6.07, 6.45) is 4.25. The zero-order valence-corrected chi connectivity index (χ0v) is 34.6. The Bertz CT molecular complexity index is 2050. The van der Waals surface area contributed by atoms with Gasteiger partial charge < -0.3 is 20.9 Å². The van der Waals surface area contributed by atoms with Crippen molar-refractivity contribution >= 4 is 58.5 Å². The predicted octanol–water partition coefficient (Wildman–Crippen LogP) is 5.27. The lowest BCUT2D eigenvalue weighted by Gasteiger charge is -2.35. The molecule has 15 heteroatoms. The Morgan fingerprint density at radius 3 is 2.32 bits per heavy atom. The van der Waals surface area contributed by atoms with Gasteiger partial charge in [0.1, 0.15) is 17.4 Å². The fourth-order valence-electron chi connectivity index (χ4n) is 7.25. The van der Waals surface area contributed by atoms with Crippen LogP contribution in [0, 0.1) is 31.6 Å². The van der Waals surface area contributed by atoms with Crippen LogP contribution in [0.3, 0.4) is 0 Å². The third-order valence-electron chi connectivity index (χ3n) is 10.8. The molecule has 3 atom stereocenters. The number of hydrogen-bond donors (Lipinski definition) is 3. The van der Waals surface area contributed by atoms with Gasteiger partial charge in [0.05, 0.1) is 24.5 Å². The summed E-state index contributed by atoms with van der Waals surface area (Å²) in [5.41, 5.74) is 2.64. The molecule has 2 aliphatic rings. The van der Waals surface area contributed by atoms with Crippen LogP contribution in [-0.4, -0.2) is 86.4 Å². The number of amides is 5. The van der Waals surface area contributed by atoms with Gasteiger partial charge in [0.2, 0.25) is 23.7 Å². The van der Waals surface area contributed by atoms with Crippen molar-refractivity contribution in [3.05, 3.63) is 65.1 Å². The van der Waals surface area contributed by atoms with Crippen molar-refractivity contribution in [1.29, 1.82) is 0 Å². The van der Waals surface area contributed by atoms with E-state index in [0.29, 0.717) is 48.1 Å². The fraction of sp³-hybridized carbons (Fsp3) is 0.500. The summed E-state index contributed by atoms with van der Waals surface area (Å²) < 4.78 is 0. The predicted molar refractivity (Wildman–Crippen MR) is 217 cm³/mol. The SMILES string of the molecule is CC(=O)[C@@H](NC(=O)C(C)(C)NC(=O)[C@@H]1CCCN1C(=O)[C@@H](CC(=O)c1ccc(C)c(N2Cc3cnc(Nc4ccc(C)nc4)nc3N(C)C2=O)c1)C(C)C)C(C)C. The largest absolute Gasteiger partial charge is 0.344 e. The van der Waals surface area contributed by atoms with Crippen molar-refractivity contribution < 1.29 is 28.8 Å². The zero-order valence-electron chi connectivity index (χ0n) is 34.6. The molecule has 304 valence electrons. The average molecular weight is 782 g/mol. The molecule has 0 bridgehead atoms. The highest BCUT2D eigenvalue weighted by atomic mass is 16.2. The molecule has 0 unspecified atom stereocenters. The number of anilines is 4. The Balaban J connectivity index is 1.29. The number of carbonyl (C=O) groups excluding carboxylic acids is 6. The van der Waals surface area contributed by atoms with Gasteiger partial charge in [-0.25, -0.2) is 9.78 Å². The number of hydrogen-bond acceptors (Lipinski definition) is 10. The Morgan fingerprint density at radius 1 is 0.965 bits per heavy atom. The first kappa shape index (κ1) is 42.4. The summed E-state index contributed by atoms with van der Waals surface area (Å²) >= 11 is 0. The van der Waals surface area contributed by atoms with E-state index in [-0.39, 0.29) is 48.3 Å². The number of pyridine rings is 1. The van der Waals surface area contributed by atoms with Crippen LogP contribution < -0.4 is 25.8 Å². The molecule has 2 aliphatic heterocycles. The standard InChI is InChI=1S/C42H55N9O6/c1-23(2)31(38(55)50-17-11-12-32(50)37(54)48-42(8,9)39(56)46-35(24(3)4)27(7)52)19-34(53)28-15-13-25(5)33(18-28)51-22-29-20-44-40(47-36(29)49(10)41(51)57)45-30-16-14-26(6)43-21-30/h13-16,18,20-21,23-24,31-32,35H,11-12,17,19,22H2,1-10H3,(H,46,56)(H,48,54)(H,44,45,47)/t31-,32-,35-/m0/s1.